The van der Waals surface area contributed by atoms with E-state index in [-0.39, 0.29) is 29.9 Å². The Labute approximate surface area is 146 Å². The Kier molecular flexibility index (Phi) is 11.0. The topological polar surface area (TPSA) is 75.6 Å². The van der Waals surface area contributed by atoms with Crippen LogP contribution in [-0.2, 0) is 16.0 Å². The minimum absolute atomic E-state index is 0. The molecule has 1 rings (SSSR count). The maximum atomic E-state index is 11.0. The molecule has 0 saturated heterocycles. The minimum atomic E-state index is -0.250. The van der Waals surface area contributed by atoms with E-state index in [0.29, 0.717) is 30.6 Å². The average Bonchev–Trinajstić information content (AvgIpc) is 2.47. The summed E-state index contributed by atoms with van der Waals surface area (Å²) in [6.07, 6.45) is 2.86. The van der Waals surface area contributed by atoms with Crippen LogP contribution in [0.5, 0.6) is 0 Å². The van der Waals surface area contributed by atoms with E-state index in [9.17, 15) is 4.79 Å². The lowest BCUT2D eigenvalue weighted by atomic mass is 10.2. The van der Waals surface area contributed by atoms with Gasteiger partial charge in [-0.15, -0.1) is 24.0 Å². The highest BCUT2D eigenvalue weighted by Crippen LogP contribution is 2.05. The number of aliphatic imine (C=N–C) groups is 1. The number of hydrogen-bond donors (Lipinski definition) is 2. The lowest BCUT2D eigenvalue weighted by Gasteiger charge is -2.11. The second kappa shape index (κ2) is 11.6. The number of esters is 1. The summed E-state index contributed by atoms with van der Waals surface area (Å²) >= 11 is 5.72. The van der Waals surface area contributed by atoms with Gasteiger partial charge in [-0.3, -0.25) is 9.79 Å². The molecule has 0 unspecified atom stereocenters. The van der Waals surface area contributed by atoms with Gasteiger partial charge >= 0.3 is 5.97 Å². The van der Waals surface area contributed by atoms with Crippen LogP contribution < -0.4 is 10.6 Å². The number of rotatable bonds is 6. The molecule has 6 nitrogen and oxygen atoms in total. The number of ether oxygens (including phenoxy) is 1. The highest BCUT2D eigenvalue weighted by Gasteiger charge is 2.02. The molecule has 0 aliphatic rings. The van der Waals surface area contributed by atoms with E-state index in [4.69, 9.17) is 11.6 Å². The fourth-order valence-electron chi connectivity index (χ4n) is 1.49. The number of pyridine rings is 1. The summed E-state index contributed by atoms with van der Waals surface area (Å²) in [5, 5.41) is 6.67. The molecular formula is C13H20ClIN4O2. The molecule has 0 atom stereocenters. The minimum Gasteiger partial charge on any atom is -0.469 e. The first-order valence-electron chi connectivity index (χ1n) is 6.27. The van der Waals surface area contributed by atoms with Crippen molar-refractivity contribution in [2.24, 2.45) is 4.99 Å². The molecule has 0 aromatic carbocycles. The van der Waals surface area contributed by atoms with E-state index in [1.807, 2.05) is 6.07 Å². The zero-order valence-corrected chi connectivity index (χ0v) is 15.1. The molecule has 1 aromatic heterocycles. The van der Waals surface area contributed by atoms with Gasteiger partial charge in [-0.2, -0.15) is 0 Å². The molecule has 0 aliphatic carbocycles. The molecule has 8 heteroatoms. The lowest BCUT2D eigenvalue weighted by molar-refractivity contribution is -0.140. The number of hydrogen-bond acceptors (Lipinski definition) is 4. The predicted molar refractivity (Wildman–Crippen MR) is 94.4 cm³/mol. The van der Waals surface area contributed by atoms with Gasteiger partial charge in [0.15, 0.2) is 5.96 Å². The van der Waals surface area contributed by atoms with Crippen LogP contribution in [0.4, 0.5) is 0 Å². The fourth-order valence-corrected chi connectivity index (χ4v) is 1.60. The Balaban J connectivity index is 0.00000400. The molecule has 0 saturated carbocycles. The lowest BCUT2D eigenvalue weighted by Crippen LogP contribution is -2.39. The standard InChI is InChI=1S/C13H19ClN4O2.HI/c1-15-13(17-8-6-12(19)20-2)16-7-5-10-3-4-11(14)18-9-10;/h3-4,9H,5-8H2,1-2H3,(H2,15,16,17);1H. The van der Waals surface area contributed by atoms with Crippen molar-refractivity contribution in [1.82, 2.24) is 15.6 Å². The van der Waals surface area contributed by atoms with Gasteiger partial charge in [0.25, 0.3) is 0 Å². The van der Waals surface area contributed by atoms with Crippen molar-refractivity contribution in [2.45, 2.75) is 12.8 Å². The first-order chi connectivity index (χ1) is 9.65. The zero-order chi connectivity index (χ0) is 14.8. The third-order valence-corrected chi connectivity index (χ3v) is 2.79. The molecule has 2 N–H and O–H groups in total. The van der Waals surface area contributed by atoms with Crippen molar-refractivity contribution in [1.29, 1.82) is 0 Å². The van der Waals surface area contributed by atoms with Crippen molar-refractivity contribution in [2.75, 3.05) is 27.2 Å². The molecule has 0 fully saturated rings. The number of carbonyl (C=O) groups is 1. The maximum Gasteiger partial charge on any atom is 0.307 e. The summed E-state index contributed by atoms with van der Waals surface area (Å²) in [4.78, 5) is 19.0. The monoisotopic (exact) mass is 426 g/mol. The largest absolute Gasteiger partial charge is 0.469 e. The van der Waals surface area contributed by atoms with E-state index in [1.54, 1.807) is 19.3 Å². The molecule has 0 bridgehead atoms. The third kappa shape index (κ3) is 8.71. The Bertz CT molecular complexity index is 454. The van der Waals surface area contributed by atoms with Crippen LogP contribution in [0.2, 0.25) is 5.15 Å². The number of methoxy groups -OCH3 is 1. The normalized spacial score (nSPS) is 10.5. The first-order valence-corrected chi connectivity index (χ1v) is 6.65. The molecule has 0 amide bonds. The SMILES string of the molecule is CN=C(NCCC(=O)OC)NCCc1ccc(Cl)nc1.I. The zero-order valence-electron chi connectivity index (χ0n) is 12.1. The van der Waals surface area contributed by atoms with E-state index in [2.05, 4.69) is 25.3 Å². The molecule has 21 heavy (non-hydrogen) atoms. The Morgan fingerprint density at radius 2 is 2.10 bits per heavy atom. The van der Waals surface area contributed by atoms with Gasteiger partial charge in [0.05, 0.1) is 13.5 Å². The summed E-state index contributed by atoms with van der Waals surface area (Å²) in [5.74, 6) is 0.399. The summed E-state index contributed by atoms with van der Waals surface area (Å²) in [5.41, 5.74) is 1.09. The van der Waals surface area contributed by atoms with E-state index in [1.165, 1.54) is 7.11 Å². The highest BCUT2D eigenvalue weighted by atomic mass is 127. The van der Waals surface area contributed by atoms with Crippen molar-refractivity contribution >= 4 is 47.5 Å². The van der Waals surface area contributed by atoms with E-state index < -0.39 is 0 Å². The Morgan fingerprint density at radius 1 is 1.38 bits per heavy atom. The van der Waals surface area contributed by atoms with Gasteiger partial charge in [0.1, 0.15) is 5.15 Å². The van der Waals surface area contributed by atoms with Gasteiger partial charge in [0.2, 0.25) is 0 Å². The van der Waals surface area contributed by atoms with Gasteiger partial charge in [-0.1, -0.05) is 17.7 Å². The van der Waals surface area contributed by atoms with Crippen LogP contribution in [0.1, 0.15) is 12.0 Å². The van der Waals surface area contributed by atoms with Gasteiger partial charge in [-0.05, 0) is 18.1 Å². The highest BCUT2D eigenvalue weighted by molar-refractivity contribution is 14.0. The molecule has 0 aliphatic heterocycles. The summed E-state index contributed by atoms with van der Waals surface area (Å²) < 4.78 is 4.56. The van der Waals surface area contributed by atoms with Gasteiger partial charge < -0.3 is 15.4 Å². The molecule has 0 radical (unpaired) electrons. The van der Waals surface area contributed by atoms with Crippen molar-refractivity contribution in [3.05, 3.63) is 29.0 Å². The number of nitrogens with zero attached hydrogens (tertiary/aromatic N) is 2. The summed E-state index contributed by atoms with van der Waals surface area (Å²) in [6.45, 7) is 1.19. The molecule has 118 valence electrons. The van der Waals surface area contributed by atoms with Gasteiger partial charge in [0, 0.05) is 26.3 Å². The number of guanidine groups is 1. The smallest absolute Gasteiger partial charge is 0.307 e. The van der Waals surface area contributed by atoms with Crippen molar-refractivity contribution in [3.63, 3.8) is 0 Å². The summed E-state index contributed by atoms with van der Waals surface area (Å²) in [6, 6.07) is 3.70. The number of nitrogens with one attached hydrogen (secondary N) is 2. The Hall–Kier alpha value is -1.09. The van der Waals surface area contributed by atoms with Gasteiger partial charge in [-0.25, -0.2) is 4.98 Å². The first kappa shape index (κ1) is 19.9. The van der Waals surface area contributed by atoms with Crippen LogP contribution in [0.3, 0.4) is 0 Å². The van der Waals surface area contributed by atoms with E-state index >= 15 is 0 Å². The number of halogens is 2. The Morgan fingerprint density at radius 3 is 2.67 bits per heavy atom. The van der Waals surface area contributed by atoms with Crippen LogP contribution in [-0.4, -0.2) is 44.2 Å². The van der Waals surface area contributed by atoms with E-state index in [0.717, 1.165) is 12.0 Å². The van der Waals surface area contributed by atoms with Crippen LogP contribution in [0.25, 0.3) is 0 Å². The predicted octanol–water partition coefficient (Wildman–Crippen LogP) is 1.62. The number of aromatic nitrogens is 1. The van der Waals surface area contributed by atoms with Crippen LogP contribution in [0, 0.1) is 0 Å². The summed E-state index contributed by atoms with van der Waals surface area (Å²) in [7, 11) is 3.05. The third-order valence-electron chi connectivity index (χ3n) is 2.57. The van der Waals surface area contributed by atoms with Crippen LogP contribution >= 0.6 is 35.6 Å². The average molecular weight is 427 g/mol. The second-order valence-electron chi connectivity index (χ2n) is 3.99. The molecule has 0 spiro atoms. The van der Waals surface area contributed by atoms with Crippen molar-refractivity contribution < 1.29 is 9.53 Å². The molecule has 1 aromatic rings. The fraction of sp³-hybridized carbons (Fsp3) is 0.462. The molecular weight excluding hydrogens is 407 g/mol. The molecule has 1 heterocycles. The quantitative estimate of drug-likeness (QED) is 0.238. The maximum absolute atomic E-state index is 11.0. The second-order valence-corrected chi connectivity index (χ2v) is 4.38. The van der Waals surface area contributed by atoms with Crippen LogP contribution in [0.15, 0.2) is 23.3 Å². The van der Waals surface area contributed by atoms with Crippen molar-refractivity contribution in [3.8, 4) is 0 Å². The number of carbonyl (C=O) groups excluding carboxylic acids is 1.